The van der Waals surface area contributed by atoms with E-state index in [0.29, 0.717) is 0 Å². The van der Waals surface area contributed by atoms with E-state index < -0.39 is 12.2 Å². The van der Waals surface area contributed by atoms with E-state index in [9.17, 15) is 9.90 Å². The molecule has 0 amide bonds. The third-order valence-corrected chi connectivity index (χ3v) is 6.81. The minimum Gasteiger partial charge on any atom is -0.459 e. The summed E-state index contributed by atoms with van der Waals surface area (Å²) in [6, 6.07) is 0. The van der Waals surface area contributed by atoms with Crippen molar-refractivity contribution < 1.29 is 19.7 Å². The Morgan fingerprint density at radius 2 is 1.92 bits per heavy atom. The fourth-order valence-electron chi connectivity index (χ4n) is 5.68. The lowest BCUT2D eigenvalue weighted by Crippen LogP contribution is -2.57. The summed E-state index contributed by atoms with van der Waals surface area (Å²) in [4.78, 5) is 11.7. The molecule has 4 heteroatoms. The highest BCUT2D eigenvalue weighted by atomic mass is 16.6. The van der Waals surface area contributed by atoms with Crippen LogP contribution in [0.2, 0.25) is 0 Å². The Kier molecular flexibility index (Phi) is 6.40. The fraction of sp³-hybridized carbons (Fsp3) is 0.773. The van der Waals surface area contributed by atoms with Gasteiger partial charge < -0.3 is 14.9 Å². The summed E-state index contributed by atoms with van der Waals surface area (Å²) < 4.78 is 5.69. The molecular weight excluding hydrogens is 328 g/mol. The predicted molar refractivity (Wildman–Crippen MR) is 104 cm³/mol. The number of fused-ring (bicyclic) bond motifs is 1. The van der Waals surface area contributed by atoms with Gasteiger partial charge in [0.15, 0.2) is 0 Å². The van der Waals surface area contributed by atoms with E-state index in [4.69, 9.17) is 9.84 Å². The molecule has 0 radical (unpaired) electrons. The first-order valence-corrected chi connectivity index (χ1v) is 9.86. The SMILES string of the molecule is CC(=O)O[C@@H]1[C@@H](O)C(C)=C(CC/C(C)=C\CO)[C@@]2(C)CCCC(C)(C)[C@H]12. The molecule has 0 bridgehead atoms. The minimum atomic E-state index is -0.744. The van der Waals surface area contributed by atoms with E-state index in [2.05, 4.69) is 20.8 Å². The monoisotopic (exact) mass is 364 g/mol. The van der Waals surface area contributed by atoms with Crippen LogP contribution in [0.4, 0.5) is 0 Å². The summed E-state index contributed by atoms with van der Waals surface area (Å²) in [7, 11) is 0. The predicted octanol–water partition coefficient (Wildman–Crippen LogP) is 4.16. The summed E-state index contributed by atoms with van der Waals surface area (Å²) in [5, 5.41) is 20.1. The smallest absolute Gasteiger partial charge is 0.303 e. The second kappa shape index (κ2) is 7.85. The highest BCUT2D eigenvalue weighted by Crippen LogP contribution is 2.61. The van der Waals surface area contributed by atoms with Gasteiger partial charge in [0.05, 0.1) is 6.61 Å². The van der Waals surface area contributed by atoms with Crippen LogP contribution in [0, 0.1) is 16.7 Å². The molecule has 2 N–H and O–H groups in total. The maximum Gasteiger partial charge on any atom is 0.303 e. The number of esters is 1. The van der Waals surface area contributed by atoms with Crippen molar-refractivity contribution >= 4 is 5.97 Å². The quantitative estimate of drug-likeness (QED) is 0.568. The van der Waals surface area contributed by atoms with Gasteiger partial charge in [-0.15, -0.1) is 0 Å². The van der Waals surface area contributed by atoms with E-state index >= 15 is 0 Å². The van der Waals surface area contributed by atoms with Gasteiger partial charge in [0.25, 0.3) is 0 Å². The lowest BCUT2D eigenvalue weighted by Gasteiger charge is -2.58. The number of hydrogen-bond acceptors (Lipinski definition) is 4. The molecule has 4 nitrogen and oxygen atoms in total. The van der Waals surface area contributed by atoms with Crippen molar-refractivity contribution in [2.75, 3.05) is 6.61 Å². The number of ether oxygens (including phenoxy) is 1. The average Bonchev–Trinajstić information content (AvgIpc) is 2.51. The zero-order valence-electron chi connectivity index (χ0n) is 17.3. The molecule has 0 spiro atoms. The highest BCUT2D eigenvalue weighted by molar-refractivity contribution is 5.66. The molecule has 2 rings (SSSR count). The first kappa shape index (κ1) is 21.2. The number of carbonyl (C=O) groups excluding carboxylic acids is 1. The molecule has 1 fully saturated rings. The molecule has 0 aromatic carbocycles. The maximum absolute atomic E-state index is 11.7. The van der Waals surface area contributed by atoms with Crippen molar-refractivity contribution in [3.05, 3.63) is 22.8 Å². The Hall–Kier alpha value is -1.13. The Morgan fingerprint density at radius 3 is 2.50 bits per heavy atom. The van der Waals surface area contributed by atoms with Crippen molar-refractivity contribution in [1.82, 2.24) is 0 Å². The van der Waals surface area contributed by atoms with Crippen molar-refractivity contribution in [2.45, 2.75) is 85.9 Å². The number of hydrogen-bond donors (Lipinski definition) is 2. The van der Waals surface area contributed by atoms with Gasteiger partial charge in [-0.2, -0.15) is 0 Å². The molecule has 2 aliphatic carbocycles. The van der Waals surface area contributed by atoms with E-state index in [1.807, 2.05) is 19.9 Å². The van der Waals surface area contributed by atoms with E-state index in [1.165, 1.54) is 18.1 Å². The number of aliphatic hydroxyl groups excluding tert-OH is 2. The second-order valence-corrected chi connectivity index (χ2v) is 9.15. The lowest BCUT2D eigenvalue weighted by molar-refractivity contribution is -0.173. The van der Waals surface area contributed by atoms with Crippen molar-refractivity contribution in [3.8, 4) is 0 Å². The van der Waals surface area contributed by atoms with Gasteiger partial charge in [0, 0.05) is 12.8 Å². The van der Waals surface area contributed by atoms with Gasteiger partial charge in [-0.05, 0) is 55.9 Å². The van der Waals surface area contributed by atoms with Crippen LogP contribution in [0.15, 0.2) is 22.8 Å². The molecular formula is C22H36O4. The van der Waals surface area contributed by atoms with Crippen LogP contribution >= 0.6 is 0 Å². The van der Waals surface area contributed by atoms with Crippen LogP contribution in [-0.2, 0) is 9.53 Å². The number of carbonyl (C=O) groups is 1. The van der Waals surface area contributed by atoms with Gasteiger partial charge in [0.1, 0.15) is 12.2 Å². The molecule has 148 valence electrons. The van der Waals surface area contributed by atoms with Crippen LogP contribution in [0.25, 0.3) is 0 Å². The highest BCUT2D eigenvalue weighted by Gasteiger charge is 2.57. The van der Waals surface area contributed by atoms with Gasteiger partial charge in [-0.1, -0.05) is 44.4 Å². The van der Waals surface area contributed by atoms with Gasteiger partial charge >= 0.3 is 5.97 Å². The van der Waals surface area contributed by atoms with Crippen molar-refractivity contribution in [2.24, 2.45) is 16.7 Å². The molecule has 0 aromatic heterocycles. The van der Waals surface area contributed by atoms with Crippen LogP contribution < -0.4 is 0 Å². The summed E-state index contributed by atoms with van der Waals surface area (Å²) >= 11 is 0. The zero-order chi connectivity index (χ0) is 19.7. The molecule has 2 aliphatic rings. The number of rotatable bonds is 5. The largest absolute Gasteiger partial charge is 0.459 e. The van der Waals surface area contributed by atoms with E-state index in [0.717, 1.165) is 37.7 Å². The van der Waals surface area contributed by atoms with Crippen molar-refractivity contribution in [1.29, 1.82) is 0 Å². The summed E-state index contributed by atoms with van der Waals surface area (Å²) in [5.74, 6) is -0.223. The maximum atomic E-state index is 11.7. The van der Waals surface area contributed by atoms with Crippen LogP contribution in [0.5, 0.6) is 0 Å². The average molecular weight is 365 g/mol. The summed E-state index contributed by atoms with van der Waals surface area (Å²) in [6.45, 7) is 12.3. The van der Waals surface area contributed by atoms with Gasteiger partial charge in [0.2, 0.25) is 0 Å². The van der Waals surface area contributed by atoms with Crippen molar-refractivity contribution in [3.63, 3.8) is 0 Å². The third-order valence-electron chi connectivity index (χ3n) is 6.81. The zero-order valence-corrected chi connectivity index (χ0v) is 17.3. The summed E-state index contributed by atoms with van der Waals surface area (Å²) in [6.07, 6.45) is 5.65. The third kappa shape index (κ3) is 3.91. The number of aliphatic hydroxyl groups is 2. The summed E-state index contributed by atoms with van der Waals surface area (Å²) in [5.41, 5.74) is 3.36. The Balaban J connectivity index is 2.48. The lowest BCUT2D eigenvalue weighted by atomic mass is 9.48. The molecule has 26 heavy (non-hydrogen) atoms. The Morgan fingerprint density at radius 1 is 1.27 bits per heavy atom. The van der Waals surface area contributed by atoms with E-state index in [-0.39, 0.29) is 29.3 Å². The molecule has 0 heterocycles. The van der Waals surface area contributed by atoms with Crippen LogP contribution in [-0.4, -0.2) is 35.0 Å². The number of allylic oxidation sites excluding steroid dienone is 2. The minimum absolute atomic E-state index is 0.00394. The molecule has 0 aromatic rings. The first-order valence-electron chi connectivity index (χ1n) is 9.86. The molecule has 4 atom stereocenters. The molecule has 0 aliphatic heterocycles. The van der Waals surface area contributed by atoms with E-state index in [1.54, 1.807) is 0 Å². The van der Waals surface area contributed by atoms with Gasteiger partial charge in [-0.3, -0.25) is 4.79 Å². The Bertz CT molecular complexity index is 601. The standard InChI is InChI=1S/C22H36O4/c1-14(10-13-23)8-9-17-15(2)18(25)19(26-16(3)24)20-21(4,5)11-7-12-22(17,20)6/h10,18-20,23,25H,7-9,11-13H2,1-6H3/b14-10-/t18-,19+,20-,22+/m0/s1. The molecule has 0 unspecified atom stereocenters. The van der Waals surface area contributed by atoms with Crippen LogP contribution in [0.1, 0.15) is 73.6 Å². The van der Waals surface area contributed by atoms with Crippen LogP contribution in [0.3, 0.4) is 0 Å². The normalized spacial score (nSPS) is 34.5. The fourth-order valence-corrected chi connectivity index (χ4v) is 5.68. The Labute approximate surface area is 158 Å². The second-order valence-electron chi connectivity index (χ2n) is 9.15. The first-order chi connectivity index (χ1) is 12.0. The van der Waals surface area contributed by atoms with Gasteiger partial charge in [-0.25, -0.2) is 0 Å². The topological polar surface area (TPSA) is 66.8 Å². The molecule has 0 saturated heterocycles. The molecule has 1 saturated carbocycles.